The fraction of sp³-hybridized carbons (Fsp3) is 0.188. The first kappa shape index (κ1) is 15.6. The lowest BCUT2D eigenvalue weighted by Gasteiger charge is -2.12. The standard InChI is InChI=1S/C16H18N6O2/c1-23-12-5-4-11(8-13(12)24-2)9-18-15-14(17)16(20-10-19-15)22-7-3-6-21-22/h3-8,10H,9,17H2,1-2H3,(H,18,19,20). The zero-order chi connectivity index (χ0) is 16.9. The number of benzene rings is 1. The smallest absolute Gasteiger partial charge is 0.181 e. The summed E-state index contributed by atoms with van der Waals surface area (Å²) in [6.45, 7) is 0.528. The lowest BCUT2D eigenvalue weighted by molar-refractivity contribution is 0.354. The summed E-state index contributed by atoms with van der Waals surface area (Å²) in [5.41, 5.74) is 7.59. The Morgan fingerprint density at radius 1 is 1.17 bits per heavy atom. The number of nitrogens with zero attached hydrogens (tertiary/aromatic N) is 4. The molecule has 0 aliphatic heterocycles. The lowest BCUT2D eigenvalue weighted by atomic mass is 10.2. The number of nitrogen functional groups attached to an aromatic ring is 1. The van der Waals surface area contributed by atoms with E-state index < -0.39 is 0 Å². The van der Waals surface area contributed by atoms with E-state index in [0.29, 0.717) is 35.4 Å². The van der Waals surface area contributed by atoms with Crippen LogP contribution in [0.2, 0.25) is 0 Å². The van der Waals surface area contributed by atoms with E-state index in [1.54, 1.807) is 37.4 Å². The summed E-state index contributed by atoms with van der Waals surface area (Å²) in [6.07, 6.45) is 4.89. The minimum atomic E-state index is 0.432. The van der Waals surface area contributed by atoms with Gasteiger partial charge in [0.15, 0.2) is 23.1 Å². The molecule has 2 aromatic heterocycles. The van der Waals surface area contributed by atoms with Crippen LogP contribution >= 0.6 is 0 Å². The zero-order valence-corrected chi connectivity index (χ0v) is 13.4. The Balaban J connectivity index is 1.79. The molecule has 0 unspecified atom stereocenters. The predicted octanol–water partition coefficient (Wildman–Crippen LogP) is 1.87. The molecule has 0 spiro atoms. The molecule has 0 saturated heterocycles. The van der Waals surface area contributed by atoms with Crippen molar-refractivity contribution < 1.29 is 9.47 Å². The van der Waals surface area contributed by atoms with Gasteiger partial charge in [-0.25, -0.2) is 14.6 Å². The van der Waals surface area contributed by atoms with Crippen LogP contribution in [-0.2, 0) is 6.54 Å². The van der Waals surface area contributed by atoms with Gasteiger partial charge in [0.1, 0.15) is 12.0 Å². The van der Waals surface area contributed by atoms with Crippen LogP contribution in [0.1, 0.15) is 5.56 Å². The third-order valence-corrected chi connectivity index (χ3v) is 3.49. The van der Waals surface area contributed by atoms with E-state index in [-0.39, 0.29) is 0 Å². The molecule has 2 heterocycles. The largest absolute Gasteiger partial charge is 0.493 e. The number of hydrogen-bond donors (Lipinski definition) is 2. The molecule has 24 heavy (non-hydrogen) atoms. The highest BCUT2D eigenvalue weighted by molar-refractivity contribution is 5.68. The van der Waals surface area contributed by atoms with Crippen LogP contribution in [0.25, 0.3) is 5.82 Å². The van der Waals surface area contributed by atoms with Crippen LogP contribution in [0.3, 0.4) is 0 Å². The first-order chi connectivity index (χ1) is 11.7. The van der Waals surface area contributed by atoms with Gasteiger partial charge in [-0.15, -0.1) is 0 Å². The number of nitrogens with one attached hydrogen (secondary N) is 1. The maximum atomic E-state index is 6.15. The SMILES string of the molecule is COc1ccc(CNc2ncnc(-n3cccn3)c2N)cc1OC. The topological polar surface area (TPSA) is 100 Å². The number of rotatable bonds is 6. The summed E-state index contributed by atoms with van der Waals surface area (Å²) >= 11 is 0. The van der Waals surface area contributed by atoms with Crippen LogP contribution in [0.4, 0.5) is 11.5 Å². The third kappa shape index (κ3) is 3.07. The minimum absolute atomic E-state index is 0.432. The summed E-state index contributed by atoms with van der Waals surface area (Å²) < 4.78 is 12.1. The van der Waals surface area contributed by atoms with Crippen molar-refractivity contribution in [3.05, 3.63) is 48.5 Å². The molecule has 3 aromatic rings. The fourth-order valence-electron chi connectivity index (χ4n) is 2.28. The summed E-state index contributed by atoms with van der Waals surface area (Å²) in [5, 5.41) is 7.34. The average Bonchev–Trinajstić information content (AvgIpc) is 3.15. The molecule has 0 saturated carbocycles. The molecule has 8 nitrogen and oxygen atoms in total. The number of aromatic nitrogens is 4. The Bertz CT molecular complexity index is 819. The number of hydrogen-bond acceptors (Lipinski definition) is 7. The Hall–Kier alpha value is -3.29. The second-order valence-electron chi connectivity index (χ2n) is 4.95. The number of anilines is 2. The highest BCUT2D eigenvalue weighted by atomic mass is 16.5. The molecule has 0 atom stereocenters. The van der Waals surface area contributed by atoms with Crippen LogP contribution in [0, 0.1) is 0 Å². The molecular weight excluding hydrogens is 308 g/mol. The molecule has 1 aromatic carbocycles. The highest BCUT2D eigenvalue weighted by Crippen LogP contribution is 2.28. The Morgan fingerprint density at radius 2 is 2.00 bits per heavy atom. The normalized spacial score (nSPS) is 10.4. The van der Waals surface area contributed by atoms with E-state index >= 15 is 0 Å². The van der Waals surface area contributed by atoms with E-state index in [9.17, 15) is 0 Å². The van der Waals surface area contributed by atoms with Crippen molar-refractivity contribution in [1.29, 1.82) is 0 Å². The van der Waals surface area contributed by atoms with Crippen molar-refractivity contribution in [1.82, 2.24) is 19.7 Å². The van der Waals surface area contributed by atoms with Gasteiger partial charge in [0.05, 0.1) is 14.2 Å². The molecular formula is C16H18N6O2. The number of ether oxygens (including phenoxy) is 2. The molecule has 3 N–H and O–H groups in total. The van der Waals surface area contributed by atoms with Gasteiger partial charge in [-0.05, 0) is 23.8 Å². The van der Waals surface area contributed by atoms with Crippen molar-refractivity contribution in [2.24, 2.45) is 0 Å². The van der Waals surface area contributed by atoms with Crippen molar-refractivity contribution in [3.63, 3.8) is 0 Å². The predicted molar refractivity (Wildman–Crippen MR) is 90.4 cm³/mol. The van der Waals surface area contributed by atoms with Crippen molar-refractivity contribution in [2.45, 2.75) is 6.54 Å². The van der Waals surface area contributed by atoms with E-state index in [4.69, 9.17) is 15.2 Å². The second kappa shape index (κ2) is 6.86. The zero-order valence-electron chi connectivity index (χ0n) is 13.4. The van der Waals surface area contributed by atoms with Crippen LogP contribution < -0.4 is 20.5 Å². The van der Waals surface area contributed by atoms with Gasteiger partial charge >= 0.3 is 0 Å². The van der Waals surface area contributed by atoms with Crippen molar-refractivity contribution >= 4 is 11.5 Å². The molecule has 8 heteroatoms. The second-order valence-corrected chi connectivity index (χ2v) is 4.95. The highest BCUT2D eigenvalue weighted by Gasteiger charge is 2.10. The monoisotopic (exact) mass is 326 g/mol. The molecule has 3 rings (SSSR count). The van der Waals surface area contributed by atoms with Gasteiger partial charge in [0.25, 0.3) is 0 Å². The van der Waals surface area contributed by atoms with E-state index in [1.165, 1.54) is 6.33 Å². The Morgan fingerprint density at radius 3 is 2.71 bits per heavy atom. The third-order valence-electron chi connectivity index (χ3n) is 3.49. The van der Waals surface area contributed by atoms with Gasteiger partial charge in [0, 0.05) is 18.9 Å². The first-order valence-corrected chi connectivity index (χ1v) is 7.28. The molecule has 0 amide bonds. The average molecular weight is 326 g/mol. The molecule has 0 radical (unpaired) electrons. The Kier molecular flexibility index (Phi) is 4.46. The number of nitrogens with two attached hydrogens (primary N) is 1. The van der Waals surface area contributed by atoms with Gasteiger partial charge in [-0.3, -0.25) is 0 Å². The van der Waals surface area contributed by atoms with Crippen LogP contribution in [0.5, 0.6) is 11.5 Å². The minimum Gasteiger partial charge on any atom is -0.493 e. The molecule has 0 fully saturated rings. The lowest BCUT2D eigenvalue weighted by Crippen LogP contribution is -2.10. The molecule has 124 valence electrons. The van der Waals surface area contributed by atoms with E-state index in [1.807, 2.05) is 18.2 Å². The van der Waals surface area contributed by atoms with Gasteiger partial charge in [-0.2, -0.15) is 5.10 Å². The van der Waals surface area contributed by atoms with Crippen molar-refractivity contribution in [2.75, 3.05) is 25.3 Å². The maximum absolute atomic E-state index is 6.15. The molecule has 0 aliphatic rings. The summed E-state index contributed by atoms with van der Waals surface area (Å²) in [4.78, 5) is 8.37. The van der Waals surface area contributed by atoms with E-state index in [0.717, 1.165) is 5.56 Å². The summed E-state index contributed by atoms with van der Waals surface area (Å²) in [5.74, 6) is 2.43. The fourth-order valence-corrected chi connectivity index (χ4v) is 2.28. The first-order valence-electron chi connectivity index (χ1n) is 7.28. The van der Waals surface area contributed by atoms with Gasteiger partial charge in [0.2, 0.25) is 0 Å². The van der Waals surface area contributed by atoms with Crippen molar-refractivity contribution in [3.8, 4) is 17.3 Å². The van der Waals surface area contributed by atoms with Gasteiger partial charge in [-0.1, -0.05) is 6.07 Å². The quantitative estimate of drug-likeness (QED) is 0.713. The summed E-state index contributed by atoms with van der Waals surface area (Å²) in [6, 6.07) is 7.50. The summed E-state index contributed by atoms with van der Waals surface area (Å²) in [7, 11) is 3.21. The van der Waals surface area contributed by atoms with E-state index in [2.05, 4.69) is 20.4 Å². The van der Waals surface area contributed by atoms with Crippen LogP contribution in [-0.4, -0.2) is 34.0 Å². The molecule has 0 aliphatic carbocycles. The maximum Gasteiger partial charge on any atom is 0.181 e. The Labute approximate surface area is 139 Å². The molecule has 0 bridgehead atoms. The van der Waals surface area contributed by atoms with Gasteiger partial charge < -0.3 is 20.5 Å². The number of methoxy groups -OCH3 is 2. The van der Waals surface area contributed by atoms with Crippen LogP contribution in [0.15, 0.2) is 43.0 Å².